The van der Waals surface area contributed by atoms with Crippen molar-refractivity contribution in [1.82, 2.24) is 0 Å². The van der Waals surface area contributed by atoms with Crippen LogP contribution >= 0.6 is 11.6 Å². The number of carbonyl (C=O) groups excluding carboxylic acids is 1. The molecule has 0 N–H and O–H groups in total. The van der Waals surface area contributed by atoms with Crippen LogP contribution in [-0.2, 0) is 16.1 Å². The largest absolute Gasteiger partial charge is 0.372 e. The van der Waals surface area contributed by atoms with E-state index in [9.17, 15) is 4.79 Å². The van der Waals surface area contributed by atoms with Crippen LogP contribution in [0.15, 0.2) is 24.3 Å². The Balaban J connectivity index is 1.65. The molecule has 1 aromatic rings. The van der Waals surface area contributed by atoms with Crippen LogP contribution in [0.2, 0.25) is 5.02 Å². The molecule has 0 aromatic heterocycles. The minimum absolute atomic E-state index is 0.115. The summed E-state index contributed by atoms with van der Waals surface area (Å²) in [5.74, 6) is 0.407. The van der Waals surface area contributed by atoms with Gasteiger partial charge < -0.3 is 4.74 Å². The van der Waals surface area contributed by atoms with Gasteiger partial charge in [-0.1, -0.05) is 42.6 Å². The Labute approximate surface area is 112 Å². The molecule has 0 aliphatic heterocycles. The zero-order valence-electron chi connectivity index (χ0n) is 10.3. The van der Waals surface area contributed by atoms with Crippen LogP contribution in [0.25, 0.3) is 0 Å². The quantitative estimate of drug-likeness (QED) is 0.831. The fraction of sp³-hybridized carbons (Fsp3) is 0.533. The lowest BCUT2D eigenvalue weighted by molar-refractivity contribution is -0.164. The van der Waals surface area contributed by atoms with E-state index in [1.807, 2.05) is 24.3 Å². The number of hydrogen-bond acceptors (Lipinski definition) is 2. The zero-order valence-corrected chi connectivity index (χ0v) is 11.1. The molecule has 2 aliphatic rings. The summed E-state index contributed by atoms with van der Waals surface area (Å²) in [5, 5.41) is 0.739. The van der Waals surface area contributed by atoms with Gasteiger partial charge in [0.25, 0.3) is 0 Å². The van der Waals surface area contributed by atoms with E-state index in [0.717, 1.165) is 36.3 Å². The van der Waals surface area contributed by atoms with E-state index in [4.69, 9.17) is 16.3 Å². The predicted molar refractivity (Wildman–Crippen MR) is 70.6 cm³/mol. The molecule has 2 nitrogen and oxygen atoms in total. The molecule has 0 saturated heterocycles. The van der Waals surface area contributed by atoms with Gasteiger partial charge in [-0.05, 0) is 24.5 Å². The molecule has 1 unspecified atom stereocenters. The smallest absolute Gasteiger partial charge is 0.144 e. The Morgan fingerprint density at radius 2 is 2.00 bits per heavy atom. The van der Waals surface area contributed by atoms with E-state index in [2.05, 4.69) is 0 Å². The molecule has 18 heavy (non-hydrogen) atoms. The fourth-order valence-corrected chi connectivity index (χ4v) is 3.44. The second-order valence-corrected chi connectivity index (χ2v) is 5.79. The van der Waals surface area contributed by atoms with Crippen molar-refractivity contribution in [3.05, 3.63) is 34.9 Å². The fourth-order valence-electron chi connectivity index (χ4n) is 3.25. The molecule has 1 spiro atoms. The van der Waals surface area contributed by atoms with Crippen LogP contribution in [0.5, 0.6) is 0 Å². The summed E-state index contributed by atoms with van der Waals surface area (Å²) in [7, 11) is 0. The summed E-state index contributed by atoms with van der Waals surface area (Å²) >= 11 is 6.10. The molecule has 0 bridgehead atoms. The van der Waals surface area contributed by atoms with E-state index in [0.29, 0.717) is 18.8 Å². The van der Waals surface area contributed by atoms with Crippen molar-refractivity contribution in [2.45, 2.75) is 44.8 Å². The molecule has 96 valence electrons. The van der Waals surface area contributed by atoms with E-state index < -0.39 is 0 Å². The van der Waals surface area contributed by atoms with E-state index in [1.165, 1.54) is 0 Å². The van der Waals surface area contributed by atoms with Crippen molar-refractivity contribution < 1.29 is 9.53 Å². The highest BCUT2D eigenvalue weighted by Gasteiger charge is 2.56. The maximum absolute atomic E-state index is 11.8. The van der Waals surface area contributed by atoms with Crippen LogP contribution < -0.4 is 0 Å². The van der Waals surface area contributed by atoms with Crippen LogP contribution in [0, 0.1) is 5.41 Å². The first-order chi connectivity index (χ1) is 8.72. The van der Waals surface area contributed by atoms with Crippen molar-refractivity contribution in [2.24, 2.45) is 5.41 Å². The van der Waals surface area contributed by atoms with Crippen molar-refractivity contribution in [3.63, 3.8) is 0 Å². The molecule has 2 aliphatic carbocycles. The number of rotatable bonds is 3. The number of hydrogen-bond donors (Lipinski definition) is 0. The second-order valence-electron chi connectivity index (χ2n) is 5.38. The van der Waals surface area contributed by atoms with Crippen LogP contribution in [0.3, 0.4) is 0 Å². The van der Waals surface area contributed by atoms with E-state index in [1.54, 1.807) is 0 Å². The van der Waals surface area contributed by atoms with Gasteiger partial charge in [-0.15, -0.1) is 0 Å². The van der Waals surface area contributed by atoms with E-state index in [-0.39, 0.29) is 11.5 Å². The minimum Gasteiger partial charge on any atom is -0.372 e. The SMILES string of the molecule is O=C1CC(OCc2ccccc2Cl)C12CCCC2. The lowest BCUT2D eigenvalue weighted by atomic mass is 9.63. The van der Waals surface area contributed by atoms with Crippen LogP contribution in [0.1, 0.15) is 37.7 Å². The van der Waals surface area contributed by atoms with Gasteiger partial charge >= 0.3 is 0 Å². The molecule has 0 heterocycles. The van der Waals surface area contributed by atoms with Gasteiger partial charge in [-0.3, -0.25) is 4.79 Å². The van der Waals surface area contributed by atoms with E-state index >= 15 is 0 Å². The highest BCUT2D eigenvalue weighted by molar-refractivity contribution is 6.31. The average Bonchev–Trinajstić information content (AvgIpc) is 2.88. The molecular weight excluding hydrogens is 248 g/mol. The molecular formula is C15H17ClO2. The van der Waals surface area contributed by atoms with Crippen molar-refractivity contribution in [2.75, 3.05) is 0 Å². The monoisotopic (exact) mass is 264 g/mol. The van der Waals surface area contributed by atoms with Crippen molar-refractivity contribution in [3.8, 4) is 0 Å². The number of benzene rings is 1. The number of halogens is 1. The first kappa shape index (κ1) is 12.2. The predicted octanol–water partition coefficient (Wildman–Crippen LogP) is 3.76. The molecule has 1 atom stereocenters. The number of carbonyl (C=O) groups is 1. The normalized spacial score (nSPS) is 25.4. The maximum atomic E-state index is 11.8. The van der Waals surface area contributed by atoms with Crippen LogP contribution in [0.4, 0.5) is 0 Å². The third kappa shape index (κ3) is 1.88. The Hall–Kier alpha value is -0.860. The average molecular weight is 265 g/mol. The molecule has 3 rings (SSSR count). The third-order valence-electron chi connectivity index (χ3n) is 4.44. The van der Waals surface area contributed by atoms with Gasteiger partial charge in [-0.2, -0.15) is 0 Å². The standard InChI is InChI=1S/C15H17ClO2/c16-12-6-2-1-5-11(12)10-18-14-9-13(17)15(14)7-3-4-8-15/h1-2,5-6,14H,3-4,7-10H2. The van der Waals surface area contributed by atoms with Crippen molar-refractivity contribution >= 4 is 17.4 Å². The topological polar surface area (TPSA) is 26.3 Å². The Morgan fingerprint density at radius 1 is 1.28 bits per heavy atom. The van der Waals surface area contributed by atoms with Gasteiger partial charge in [0.2, 0.25) is 0 Å². The summed E-state index contributed by atoms with van der Waals surface area (Å²) < 4.78 is 5.95. The summed E-state index contributed by atoms with van der Waals surface area (Å²) in [4.78, 5) is 11.8. The summed E-state index contributed by atoms with van der Waals surface area (Å²) in [6.07, 6.45) is 5.06. The Bertz CT molecular complexity index is 463. The highest BCUT2D eigenvalue weighted by atomic mass is 35.5. The second kappa shape index (κ2) is 4.67. The first-order valence-electron chi connectivity index (χ1n) is 6.61. The first-order valence-corrected chi connectivity index (χ1v) is 6.98. The third-order valence-corrected chi connectivity index (χ3v) is 4.80. The molecule has 2 fully saturated rings. The van der Waals surface area contributed by atoms with Gasteiger partial charge in [0, 0.05) is 11.4 Å². The lowest BCUT2D eigenvalue weighted by Crippen LogP contribution is -2.53. The summed E-state index contributed by atoms with van der Waals surface area (Å²) in [6, 6.07) is 7.72. The Kier molecular flexibility index (Phi) is 3.16. The molecule has 3 heteroatoms. The minimum atomic E-state index is -0.138. The van der Waals surface area contributed by atoms with Gasteiger partial charge in [0.15, 0.2) is 0 Å². The van der Waals surface area contributed by atoms with Gasteiger partial charge in [-0.25, -0.2) is 0 Å². The molecule has 2 saturated carbocycles. The van der Waals surface area contributed by atoms with Gasteiger partial charge in [0.05, 0.1) is 18.1 Å². The number of ether oxygens (including phenoxy) is 1. The lowest BCUT2D eigenvalue weighted by Gasteiger charge is -2.44. The number of Topliss-reactive ketones (excluding diaryl/α,β-unsaturated/α-hetero) is 1. The molecule has 1 aromatic carbocycles. The summed E-state index contributed by atoms with van der Waals surface area (Å²) in [5.41, 5.74) is 0.869. The highest BCUT2D eigenvalue weighted by Crippen LogP contribution is 2.52. The Morgan fingerprint density at radius 3 is 2.67 bits per heavy atom. The molecule has 0 radical (unpaired) electrons. The zero-order chi connectivity index (χ0) is 12.6. The number of ketones is 1. The summed E-state index contributed by atoms with van der Waals surface area (Å²) in [6.45, 7) is 0.513. The maximum Gasteiger partial charge on any atom is 0.144 e. The molecule has 0 amide bonds. The van der Waals surface area contributed by atoms with Crippen molar-refractivity contribution in [1.29, 1.82) is 0 Å². The van der Waals surface area contributed by atoms with Crippen LogP contribution in [-0.4, -0.2) is 11.9 Å². The van der Waals surface area contributed by atoms with Gasteiger partial charge in [0.1, 0.15) is 5.78 Å².